The number of ether oxygens (including phenoxy) is 1. The zero-order valence-electron chi connectivity index (χ0n) is 16.9. The van der Waals surface area contributed by atoms with E-state index in [-0.39, 0.29) is 24.5 Å². The van der Waals surface area contributed by atoms with E-state index in [4.69, 9.17) is 4.74 Å². The Labute approximate surface area is 160 Å². The number of nitrogens with zero attached hydrogens (tertiary/aromatic N) is 2. The molecule has 0 aliphatic carbocycles. The summed E-state index contributed by atoms with van der Waals surface area (Å²) in [6, 6.07) is 6.45. The second-order valence-electron chi connectivity index (χ2n) is 7.30. The monoisotopic (exact) mass is 375 g/mol. The van der Waals surface area contributed by atoms with Gasteiger partial charge in [-0.05, 0) is 51.8 Å². The van der Waals surface area contributed by atoms with Gasteiger partial charge in [0.15, 0.2) is 0 Å². The van der Waals surface area contributed by atoms with Gasteiger partial charge in [-0.1, -0.05) is 19.1 Å². The second kappa shape index (κ2) is 7.98. The topological polar surface area (TPSA) is 79.0 Å². The minimum absolute atomic E-state index is 0.0178. The molecule has 7 heteroatoms. The van der Waals surface area contributed by atoms with E-state index >= 15 is 0 Å². The lowest BCUT2D eigenvalue weighted by Gasteiger charge is -2.32. The van der Waals surface area contributed by atoms with Gasteiger partial charge in [-0.25, -0.2) is 4.79 Å². The van der Waals surface area contributed by atoms with E-state index in [1.807, 2.05) is 34.6 Å². The second-order valence-corrected chi connectivity index (χ2v) is 7.30. The van der Waals surface area contributed by atoms with Crippen molar-refractivity contribution in [1.82, 2.24) is 15.1 Å². The number of nitrogens with one attached hydrogen (secondary N) is 1. The lowest BCUT2D eigenvalue weighted by molar-refractivity contribution is -0.141. The van der Waals surface area contributed by atoms with E-state index in [1.54, 1.807) is 36.3 Å². The lowest BCUT2D eigenvalue weighted by atomic mass is 9.87. The molecule has 1 aromatic carbocycles. The summed E-state index contributed by atoms with van der Waals surface area (Å²) < 4.78 is 5.16. The number of urea groups is 1. The Morgan fingerprint density at radius 2 is 1.70 bits per heavy atom. The van der Waals surface area contributed by atoms with Crippen molar-refractivity contribution in [3.8, 4) is 5.75 Å². The Kier molecular flexibility index (Phi) is 6.13. The molecule has 1 atom stereocenters. The van der Waals surface area contributed by atoms with Crippen LogP contribution in [0.25, 0.3) is 0 Å². The Hall–Kier alpha value is -2.57. The molecule has 27 heavy (non-hydrogen) atoms. The molecule has 0 spiro atoms. The number of rotatable bonds is 7. The summed E-state index contributed by atoms with van der Waals surface area (Å²) in [6.07, 6.45) is 0.382. The van der Waals surface area contributed by atoms with Crippen molar-refractivity contribution in [2.75, 3.05) is 13.7 Å². The summed E-state index contributed by atoms with van der Waals surface area (Å²) in [4.78, 5) is 41.1. The van der Waals surface area contributed by atoms with Gasteiger partial charge >= 0.3 is 6.03 Å². The number of hydrogen-bond donors (Lipinski definition) is 1. The van der Waals surface area contributed by atoms with Gasteiger partial charge in [-0.15, -0.1) is 0 Å². The Balaban J connectivity index is 2.29. The third kappa shape index (κ3) is 3.77. The smallest absolute Gasteiger partial charge is 0.325 e. The van der Waals surface area contributed by atoms with Crippen molar-refractivity contribution < 1.29 is 19.1 Å². The van der Waals surface area contributed by atoms with E-state index in [9.17, 15) is 14.4 Å². The number of amides is 4. The van der Waals surface area contributed by atoms with Gasteiger partial charge in [0.2, 0.25) is 5.91 Å². The van der Waals surface area contributed by atoms with Crippen LogP contribution in [0.5, 0.6) is 5.75 Å². The third-order valence-electron chi connectivity index (χ3n) is 4.98. The molecular weight excluding hydrogens is 346 g/mol. The van der Waals surface area contributed by atoms with E-state index in [1.165, 1.54) is 0 Å². The predicted molar refractivity (Wildman–Crippen MR) is 102 cm³/mol. The van der Waals surface area contributed by atoms with Crippen LogP contribution < -0.4 is 10.1 Å². The molecule has 1 aliphatic rings. The molecule has 1 aromatic rings. The maximum atomic E-state index is 13.2. The lowest BCUT2D eigenvalue weighted by Crippen LogP contribution is -2.49. The van der Waals surface area contributed by atoms with Gasteiger partial charge in [-0.3, -0.25) is 14.5 Å². The quantitative estimate of drug-likeness (QED) is 0.743. The highest BCUT2D eigenvalue weighted by atomic mass is 16.5. The fourth-order valence-corrected chi connectivity index (χ4v) is 3.67. The van der Waals surface area contributed by atoms with Crippen molar-refractivity contribution in [2.24, 2.45) is 0 Å². The van der Waals surface area contributed by atoms with Crippen LogP contribution in [0.4, 0.5) is 4.79 Å². The van der Waals surface area contributed by atoms with Crippen LogP contribution in [0.2, 0.25) is 0 Å². The van der Waals surface area contributed by atoms with Crippen molar-refractivity contribution in [3.05, 3.63) is 29.8 Å². The maximum Gasteiger partial charge on any atom is 0.325 e. The number of carbonyl (C=O) groups excluding carboxylic acids is 3. The molecule has 0 unspecified atom stereocenters. The van der Waals surface area contributed by atoms with Gasteiger partial charge in [0.1, 0.15) is 17.8 Å². The molecule has 7 nitrogen and oxygen atoms in total. The van der Waals surface area contributed by atoms with Gasteiger partial charge in [0.05, 0.1) is 7.11 Å². The largest absolute Gasteiger partial charge is 0.497 e. The molecule has 1 heterocycles. The first kappa shape index (κ1) is 20.7. The highest BCUT2D eigenvalue weighted by Crippen LogP contribution is 2.33. The number of hydrogen-bond acceptors (Lipinski definition) is 4. The van der Waals surface area contributed by atoms with Gasteiger partial charge < -0.3 is 15.0 Å². The third-order valence-corrected chi connectivity index (χ3v) is 4.98. The highest BCUT2D eigenvalue weighted by Gasteiger charge is 2.51. The molecule has 148 valence electrons. The molecule has 0 radical (unpaired) electrons. The maximum absolute atomic E-state index is 13.2. The summed E-state index contributed by atoms with van der Waals surface area (Å²) in [7, 11) is 1.57. The molecule has 0 bridgehead atoms. The van der Waals surface area contributed by atoms with E-state index in [0.29, 0.717) is 17.7 Å². The Morgan fingerprint density at radius 1 is 1.15 bits per heavy atom. The Bertz CT molecular complexity index is 706. The first-order valence-corrected chi connectivity index (χ1v) is 9.27. The van der Waals surface area contributed by atoms with E-state index in [2.05, 4.69) is 5.32 Å². The highest BCUT2D eigenvalue weighted by molar-refractivity contribution is 6.09. The van der Waals surface area contributed by atoms with Crippen LogP contribution in [-0.4, -0.2) is 53.4 Å². The van der Waals surface area contributed by atoms with Gasteiger partial charge in [0, 0.05) is 12.1 Å². The predicted octanol–water partition coefficient (Wildman–Crippen LogP) is 2.50. The molecule has 0 saturated carbocycles. The van der Waals surface area contributed by atoms with E-state index in [0.717, 1.165) is 4.90 Å². The van der Waals surface area contributed by atoms with Gasteiger partial charge in [0.25, 0.3) is 5.91 Å². The first-order valence-electron chi connectivity index (χ1n) is 9.27. The standard InChI is InChI=1S/C20H29N3O4/c1-7-20(15-8-10-16(27-6)11-9-15)18(25)22(19(26)21-20)12-17(24)23(13(2)3)14(4)5/h8-11,13-14H,7,12H2,1-6H3,(H,21,26)/t20-/m0/s1. The SMILES string of the molecule is CC[C@@]1(c2ccc(OC)cc2)NC(=O)N(CC(=O)N(C(C)C)C(C)C)C1=O. The molecule has 1 fully saturated rings. The fourth-order valence-electron chi connectivity index (χ4n) is 3.67. The van der Waals surface area contributed by atoms with Crippen LogP contribution in [-0.2, 0) is 15.1 Å². The zero-order valence-corrected chi connectivity index (χ0v) is 16.9. The van der Waals surface area contributed by atoms with Crippen LogP contribution in [0, 0.1) is 0 Å². The van der Waals surface area contributed by atoms with Crippen LogP contribution in [0.1, 0.15) is 46.6 Å². The van der Waals surface area contributed by atoms with Crippen molar-refractivity contribution in [3.63, 3.8) is 0 Å². The summed E-state index contributed by atoms with van der Waals surface area (Å²) >= 11 is 0. The fraction of sp³-hybridized carbons (Fsp3) is 0.550. The van der Waals surface area contributed by atoms with Crippen LogP contribution in [0.3, 0.4) is 0 Å². The van der Waals surface area contributed by atoms with Crippen molar-refractivity contribution in [2.45, 2.75) is 58.7 Å². The Morgan fingerprint density at radius 3 is 2.15 bits per heavy atom. The van der Waals surface area contributed by atoms with Crippen LogP contribution in [0.15, 0.2) is 24.3 Å². The molecule has 1 N–H and O–H groups in total. The molecule has 1 aliphatic heterocycles. The minimum Gasteiger partial charge on any atom is -0.497 e. The van der Waals surface area contributed by atoms with Crippen LogP contribution >= 0.6 is 0 Å². The van der Waals surface area contributed by atoms with Gasteiger partial charge in [-0.2, -0.15) is 0 Å². The summed E-state index contributed by atoms with van der Waals surface area (Å²) in [5.41, 5.74) is -0.493. The average molecular weight is 375 g/mol. The van der Waals surface area contributed by atoms with Crippen molar-refractivity contribution >= 4 is 17.8 Å². The molecule has 4 amide bonds. The molecular formula is C20H29N3O4. The normalized spacial score (nSPS) is 19.6. The summed E-state index contributed by atoms with van der Waals surface area (Å²) in [5.74, 6) is 0.0180. The zero-order chi connectivity index (χ0) is 20.4. The summed E-state index contributed by atoms with van der Waals surface area (Å²) in [5, 5.41) is 2.80. The number of methoxy groups -OCH3 is 1. The van der Waals surface area contributed by atoms with E-state index < -0.39 is 17.5 Å². The minimum atomic E-state index is -1.16. The number of carbonyl (C=O) groups is 3. The number of benzene rings is 1. The molecule has 2 rings (SSSR count). The average Bonchev–Trinajstić information content (AvgIpc) is 2.86. The molecule has 1 saturated heterocycles. The first-order chi connectivity index (χ1) is 12.7. The van der Waals surface area contributed by atoms with Crippen molar-refractivity contribution in [1.29, 1.82) is 0 Å². The number of imide groups is 1. The molecule has 0 aromatic heterocycles. The summed E-state index contributed by atoms with van der Waals surface area (Å²) in [6.45, 7) is 9.23.